The van der Waals surface area contributed by atoms with Crippen LogP contribution >= 0.6 is 0 Å². The van der Waals surface area contributed by atoms with Crippen molar-refractivity contribution in [3.8, 4) is 0 Å². The zero-order valence-electron chi connectivity index (χ0n) is 4.00. The van der Waals surface area contributed by atoms with Crippen molar-refractivity contribution in [2.75, 3.05) is 0 Å². The van der Waals surface area contributed by atoms with E-state index in [0.717, 1.165) is 0 Å². The molecule has 5 N–H and O–H groups in total. The van der Waals surface area contributed by atoms with Gasteiger partial charge in [-0.2, -0.15) is 0 Å². The van der Waals surface area contributed by atoms with Crippen LogP contribution in [0.3, 0.4) is 0 Å². The van der Waals surface area contributed by atoms with Crippen molar-refractivity contribution < 1.29 is 52.5 Å². The first-order valence-electron chi connectivity index (χ1n) is 1.11. The van der Waals surface area contributed by atoms with E-state index in [0.29, 0.717) is 0 Å². The molecule has 0 aliphatic heterocycles. The van der Waals surface area contributed by atoms with Crippen molar-refractivity contribution in [2.24, 2.45) is 0 Å². The number of aliphatic carboxylic acids is 2. The van der Waals surface area contributed by atoms with Gasteiger partial charge in [0.2, 0.25) is 0 Å². The van der Waals surface area contributed by atoms with E-state index in [9.17, 15) is 0 Å². The summed E-state index contributed by atoms with van der Waals surface area (Å²) in [4.78, 5) is 18.2. The largest absolute Gasteiger partial charge is 0.473 e. The third-order valence-corrected chi connectivity index (χ3v) is 0.183. The van der Waals surface area contributed by atoms with Gasteiger partial charge in [-0.3, -0.25) is 0 Å². The molecule has 0 aliphatic rings. The van der Waals surface area contributed by atoms with Gasteiger partial charge in [0.1, 0.15) is 0 Å². The summed E-state index contributed by atoms with van der Waals surface area (Å²) in [7, 11) is 0. The van der Waals surface area contributed by atoms with Crippen LogP contribution in [0.1, 0.15) is 0 Å². The second kappa shape index (κ2) is 7.00. The van der Waals surface area contributed by atoms with Gasteiger partial charge in [-0.15, -0.1) is 0 Å². The Morgan fingerprint density at radius 2 is 1.12 bits per heavy atom. The predicted octanol–water partition coefficient (Wildman–Crippen LogP) is -0.685. The Labute approximate surface area is 70.5 Å². The quantitative estimate of drug-likeness (QED) is 0.444. The molecule has 0 amide bonds. The number of hydrogen-bond acceptors (Lipinski definition) is 3. The average molecular weight is 196 g/mol. The molecule has 0 saturated carbocycles. The van der Waals surface area contributed by atoms with Gasteiger partial charge in [0.05, 0.1) is 0 Å². The van der Waals surface area contributed by atoms with E-state index < -0.39 is 11.9 Å². The van der Waals surface area contributed by atoms with Gasteiger partial charge >= 0.3 is 11.9 Å². The number of rotatable bonds is 0. The fourth-order valence-electron chi connectivity index (χ4n) is 0. The maximum Gasteiger partial charge on any atom is 0.414 e. The molecule has 8 heavy (non-hydrogen) atoms. The SMILES string of the molecule is N.O=C(O)C(=O)O.[Y]. The van der Waals surface area contributed by atoms with E-state index in [-0.39, 0.29) is 38.9 Å². The summed E-state index contributed by atoms with van der Waals surface area (Å²) in [5.41, 5.74) is 0. The van der Waals surface area contributed by atoms with Gasteiger partial charge in [0, 0.05) is 32.7 Å². The van der Waals surface area contributed by atoms with Crippen molar-refractivity contribution in [2.45, 2.75) is 0 Å². The standard InChI is InChI=1S/C2H2O4.H3N.Y/c3-1(4)2(5)6;;/h(H,3,4)(H,5,6);1H3;. The van der Waals surface area contributed by atoms with Crippen LogP contribution in [-0.2, 0) is 42.3 Å². The van der Waals surface area contributed by atoms with Crippen molar-refractivity contribution >= 4 is 11.9 Å². The maximum atomic E-state index is 9.10. The third-order valence-electron chi connectivity index (χ3n) is 0.183. The van der Waals surface area contributed by atoms with Gasteiger partial charge in [0.25, 0.3) is 0 Å². The first-order valence-corrected chi connectivity index (χ1v) is 1.11. The molecule has 6 heteroatoms. The van der Waals surface area contributed by atoms with Gasteiger partial charge in [-0.25, -0.2) is 9.59 Å². The van der Waals surface area contributed by atoms with Crippen LogP contribution in [0.5, 0.6) is 0 Å². The van der Waals surface area contributed by atoms with E-state index in [2.05, 4.69) is 0 Å². The summed E-state index contributed by atoms with van der Waals surface area (Å²) in [6.45, 7) is 0. The van der Waals surface area contributed by atoms with E-state index >= 15 is 0 Å². The Kier molecular flexibility index (Phi) is 13.7. The predicted molar refractivity (Wildman–Crippen MR) is 20.3 cm³/mol. The molecule has 5 nitrogen and oxygen atoms in total. The minimum atomic E-state index is -1.82. The van der Waals surface area contributed by atoms with Crippen LogP contribution < -0.4 is 6.15 Å². The first-order chi connectivity index (χ1) is 2.64. The zero-order chi connectivity index (χ0) is 5.15. The van der Waals surface area contributed by atoms with Crippen molar-refractivity contribution in [1.82, 2.24) is 6.15 Å². The van der Waals surface area contributed by atoms with Crippen LogP contribution in [0.4, 0.5) is 0 Å². The summed E-state index contributed by atoms with van der Waals surface area (Å²) < 4.78 is 0. The van der Waals surface area contributed by atoms with Crippen LogP contribution in [0.15, 0.2) is 0 Å². The summed E-state index contributed by atoms with van der Waals surface area (Å²) in [6, 6.07) is 0. The summed E-state index contributed by atoms with van der Waals surface area (Å²) in [5.74, 6) is -3.65. The molecule has 0 saturated heterocycles. The van der Waals surface area contributed by atoms with Crippen LogP contribution in [0.2, 0.25) is 0 Å². The maximum absolute atomic E-state index is 9.10. The number of carboxylic acids is 2. The zero-order valence-corrected chi connectivity index (χ0v) is 6.83. The Hall–Kier alpha value is 0.00390. The molecular weight excluding hydrogens is 191 g/mol. The first kappa shape index (κ1) is 15.7. The van der Waals surface area contributed by atoms with Crippen LogP contribution in [-0.4, -0.2) is 22.2 Å². The fourth-order valence-corrected chi connectivity index (χ4v) is 0. The van der Waals surface area contributed by atoms with E-state index in [1.165, 1.54) is 0 Å². The minimum absolute atomic E-state index is 0. The summed E-state index contributed by atoms with van der Waals surface area (Å²) in [6.07, 6.45) is 0. The van der Waals surface area contributed by atoms with Crippen LogP contribution in [0, 0.1) is 0 Å². The fraction of sp³-hybridized carbons (Fsp3) is 0. The third kappa shape index (κ3) is 9.38. The monoisotopic (exact) mass is 196 g/mol. The molecule has 0 atom stereocenters. The second-order valence-corrected chi connectivity index (χ2v) is 0.610. The van der Waals surface area contributed by atoms with Gasteiger partial charge in [-0.05, 0) is 0 Å². The molecule has 0 bridgehead atoms. The molecule has 0 rings (SSSR count). The van der Waals surface area contributed by atoms with Crippen molar-refractivity contribution in [1.29, 1.82) is 0 Å². The molecule has 0 aromatic carbocycles. The molecule has 45 valence electrons. The molecule has 0 unspecified atom stereocenters. The smallest absolute Gasteiger partial charge is 0.414 e. The Morgan fingerprint density at radius 3 is 1.12 bits per heavy atom. The van der Waals surface area contributed by atoms with E-state index in [1.54, 1.807) is 0 Å². The molecule has 0 heterocycles. The molecule has 0 aliphatic carbocycles. The van der Waals surface area contributed by atoms with E-state index in [1.807, 2.05) is 0 Å². The molecule has 0 aromatic heterocycles. The molecular formula is C2H5NO4Y. The normalized spacial score (nSPS) is 5.50. The number of hydrogen-bond donors (Lipinski definition) is 3. The molecule has 1 radical (unpaired) electrons. The van der Waals surface area contributed by atoms with Crippen molar-refractivity contribution in [3.05, 3.63) is 0 Å². The minimum Gasteiger partial charge on any atom is -0.473 e. The Balaban J connectivity index is -0.000000125. The van der Waals surface area contributed by atoms with Crippen molar-refractivity contribution in [3.63, 3.8) is 0 Å². The number of carbonyl (C=O) groups is 2. The second-order valence-electron chi connectivity index (χ2n) is 0.610. The Morgan fingerprint density at radius 1 is 1.00 bits per heavy atom. The summed E-state index contributed by atoms with van der Waals surface area (Å²) in [5, 5.41) is 14.8. The number of carboxylic acid groups (broad SMARTS) is 2. The Bertz CT molecular complexity index is 80.0. The van der Waals surface area contributed by atoms with Gasteiger partial charge in [0.15, 0.2) is 0 Å². The molecule has 0 fully saturated rings. The van der Waals surface area contributed by atoms with Crippen LogP contribution in [0.25, 0.3) is 0 Å². The topological polar surface area (TPSA) is 110 Å². The molecule has 0 spiro atoms. The van der Waals surface area contributed by atoms with Gasteiger partial charge < -0.3 is 16.4 Å². The average Bonchev–Trinajstić information content (AvgIpc) is 1.36. The van der Waals surface area contributed by atoms with E-state index in [4.69, 9.17) is 19.8 Å². The summed E-state index contributed by atoms with van der Waals surface area (Å²) >= 11 is 0. The van der Waals surface area contributed by atoms with Gasteiger partial charge in [-0.1, -0.05) is 0 Å². The molecule has 0 aromatic rings.